The van der Waals surface area contributed by atoms with Crippen LogP contribution in [0.2, 0.25) is 0 Å². The first-order valence-electron chi connectivity index (χ1n) is 9.33. The number of carbonyl (C=O) groups is 2. The molecule has 2 rings (SSSR count). The summed E-state index contributed by atoms with van der Waals surface area (Å²) >= 11 is 0. The van der Waals surface area contributed by atoms with E-state index in [1.54, 1.807) is 27.9 Å². The Balaban J connectivity index is 0.000000592. The summed E-state index contributed by atoms with van der Waals surface area (Å²) in [5.74, 6) is -3.18. The van der Waals surface area contributed by atoms with Gasteiger partial charge in [-0.15, -0.1) is 0 Å². The Labute approximate surface area is 177 Å². The van der Waals surface area contributed by atoms with Gasteiger partial charge in [0.15, 0.2) is 5.69 Å². The highest BCUT2D eigenvalue weighted by Gasteiger charge is 2.38. The van der Waals surface area contributed by atoms with E-state index in [0.717, 1.165) is 11.3 Å². The van der Waals surface area contributed by atoms with Gasteiger partial charge in [-0.05, 0) is 55.6 Å². The lowest BCUT2D eigenvalue weighted by molar-refractivity contribution is -0.192. The number of carboxylic acid groups (broad SMARTS) is 1. The van der Waals surface area contributed by atoms with Gasteiger partial charge in [0.05, 0.1) is 5.69 Å². The highest BCUT2D eigenvalue weighted by molar-refractivity contribution is 5.92. The Kier molecular flexibility index (Phi) is 8.74. The van der Waals surface area contributed by atoms with Gasteiger partial charge in [-0.2, -0.15) is 18.3 Å². The molecule has 1 aromatic heterocycles. The average molecular weight is 446 g/mol. The molecule has 3 N–H and O–H groups in total. The smallest absolute Gasteiger partial charge is 0.475 e. The van der Waals surface area contributed by atoms with Crippen LogP contribution in [0.4, 0.5) is 17.6 Å². The molecule has 0 aliphatic heterocycles. The lowest BCUT2D eigenvalue weighted by Crippen LogP contribution is -2.42. The number of halogens is 4. The molecule has 0 fully saturated rings. The SMILES string of the molecule is CCN(CC(C)(C)CN)C(=O)c1ccn(-c2ccc(F)cc2C)n1.O=C(O)C(F)(F)F. The number of hydrogen-bond donors (Lipinski definition) is 2. The van der Waals surface area contributed by atoms with Crippen molar-refractivity contribution in [1.82, 2.24) is 14.7 Å². The van der Waals surface area contributed by atoms with Crippen molar-refractivity contribution in [3.63, 3.8) is 0 Å². The lowest BCUT2D eigenvalue weighted by Gasteiger charge is -2.30. The van der Waals surface area contributed by atoms with Crippen LogP contribution in [0, 0.1) is 18.2 Å². The standard InChI is InChI=1S/C18H25FN4O.C2HF3O2/c1-5-22(12-18(3,4)11-20)17(24)15-8-9-23(21-15)16-7-6-14(19)10-13(16)2;3-2(4,5)1(6)7/h6-10H,5,11-12,20H2,1-4H3;(H,6,7). The molecule has 11 heteroatoms. The van der Waals surface area contributed by atoms with Crippen LogP contribution < -0.4 is 5.73 Å². The molecule has 0 radical (unpaired) electrons. The van der Waals surface area contributed by atoms with Crippen LogP contribution in [0.25, 0.3) is 5.69 Å². The largest absolute Gasteiger partial charge is 0.490 e. The fourth-order valence-corrected chi connectivity index (χ4v) is 2.52. The first kappa shape index (κ1) is 26.1. The third-order valence-electron chi connectivity index (χ3n) is 4.30. The van der Waals surface area contributed by atoms with Crippen LogP contribution in [0.5, 0.6) is 0 Å². The Morgan fingerprint density at radius 3 is 2.26 bits per heavy atom. The summed E-state index contributed by atoms with van der Waals surface area (Å²) in [6, 6.07) is 6.17. The number of nitrogens with zero attached hydrogens (tertiary/aromatic N) is 3. The van der Waals surface area contributed by atoms with Crippen LogP contribution in [0.3, 0.4) is 0 Å². The maximum absolute atomic E-state index is 13.2. The van der Waals surface area contributed by atoms with Crippen molar-refractivity contribution in [3.05, 3.63) is 47.5 Å². The molecule has 0 aliphatic rings. The van der Waals surface area contributed by atoms with E-state index in [2.05, 4.69) is 5.10 Å². The fraction of sp³-hybridized carbons (Fsp3) is 0.450. The van der Waals surface area contributed by atoms with Gasteiger partial charge in [0.25, 0.3) is 5.91 Å². The number of hydrogen-bond acceptors (Lipinski definition) is 4. The van der Waals surface area contributed by atoms with E-state index >= 15 is 0 Å². The summed E-state index contributed by atoms with van der Waals surface area (Å²) in [4.78, 5) is 23.3. The number of alkyl halides is 3. The van der Waals surface area contributed by atoms with Gasteiger partial charge >= 0.3 is 12.1 Å². The predicted molar refractivity (Wildman–Crippen MR) is 106 cm³/mol. The Morgan fingerprint density at radius 2 is 1.81 bits per heavy atom. The molecule has 0 spiro atoms. The maximum atomic E-state index is 13.2. The van der Waals surface area contributed by atoms with Gasteiger partial charge in [-0.3, -0.25) is 4.79 Å². The fourth-order valence-electron chi connectivity index (χ4n) is 2.52. The number of nitrogens with two attached hydrogens (primary N) is 1. The van der Waals surface area contributed by atoms with Crippen molar-refractivity contribution in [2.24, 2.45) is 11.1 Å². The van der Waals surface area contributed by atoms with Gasteiger partial charge in [0.2, 0.25) is 0 Å². The number of carbonyl (C=O) groups excluding carboxylic acids is 1. The number of rotatable bonds is 6. The summed E-state index contributed by atoms with van der Waals surface area (Å²) in [5, 5.41) is 11.5. The minimum Gasteiger partial charge on any atom is -0.475 e. The van der Waals surface area contributed by atoms with E-state index in [4.69, 9.17) is 15.6 Å². The van der Waals surface area contributed by atoms with Gasteiger partial charge in [-0.25, -0.2) is 13.9 Å². The molecule has 31 heavy (non-hydrogen) atoms. The molecule has 0 saturated heterocycles. The molecular formula is C20H26F4N4O3. The molecule has 2 aromatic rings. The van der Waals surface area contributed by atoms with Crippen molar-refractivity contribution in [3.8, 4) is 5.69 Å². The summed E-state index contributed by atoms with van der Waals surface area (Å²) < 4.78 is 46.6. The van der Waals surface area contributed by atoms with Crippen LogP contribution in [0.1, 0.15) is 36.8 Å². The summed E-state index contributed by atoms with van der Waals surface area (Å²) in [5.41, 5.74) is 7.50. The van der Waals surface area contributed by atoms with Crippen LogP contribution in [-0.2, 0) is 4.79 Å². The molecular weight excluding hydrogens is 420 g/mol. The average Bonchev–Trinajstić information content (AvgIpc) is 3.15. The summed E-state index contributed by atoms with van der Waals surface area (Å²) in [7, 11) is 0. The van der Waals surface area contributed by atoms with Crippen molar-refractivity contribution in [1.29, 1.82) is 0 Å². The summed E-state index contributed by atoms with van der Waals surface area (Å²) in [6.45, 7) is 9.47. The topological polar surface area (TPSA) is 101 Å². The van der Waals surface area contributed by atoms with E-state index in [0.29, 0.717) is 25.3 Å². The molecule has 1 heterocycles. The zero-order chi connectivity index (χ0) is 24.0. The van der Waals surface area contributed by atoms with Gasteiger partial charge in [0.1, 0.15) is 5.82 Å². The molecule has 0 bridgehead atoms. The first-order chi connectivity index (χ1) is 14.2. The van der Waals surface area contributed by atoms with Crippen molar-refractivity contribution >= 4 is 11.9 Å². The van der Waals surface area contributed by atoms with Crippen LogP contribution in [-0.4, -0.2) is 57.5 Å². The summed E-state index contributed by atoms with van der Waals surface area (Å²) in [6.07, 6.45) is -3.37. The number of aliphatic carboxylic acids is 1. The number of aromatic nitrogens is 2. The molecule has 0 atom stereocenters. The first-order valence-corrected chi connectivity index (χ1v) is 9.33. The Bertz CT molecular complexity index is 910. The maximum Gasteiger partial charge on any atom is 0.490 e. The molecule has 1 aromatic carbocycles. The van der Waals surface area contributed by atoms with E-state index in [1.807, 2.05) is 27.7 Å². The minimum atomic E-state index is -5.08. The zero-order valence-corrected chi connectivity index (χ0v) is 17.7. The third kappa shape index (κ3) is 7.67. The quantitative estimate of drug-likeness (QED) is 0.663. The second kappa shape index (κ2) is 10.4. The lowest BCUT2D eigenvalue weighted by atomic mass is 9.93. The van der Waals surface area contributed by atoms with Gasteiger partial charge in [-0.1, -0.05) is 13.8 Å². The number of carboxylic acids is 1. The molecule has 0 saturated carbocycles. The van der Waals surface area contributed by atoms with Crippen molar-refractivity contribution in [2.75, 3.05) is 19.6 Å². The van der Waals surface area contributed by atoms with Gasteiger partial charge < -0.3 is 15.7 Å². The highest BCUT2D eigenvalue weighted by atomic mass is 19.4. The van der Waals surface area contributed by atoms with Crippen molar-refractivity contribution in [2.45, 2.75) is 33.9 Å². The second-order valence-electron chi connectivity index (χ2n) is 7.57. The molecule has 172 valence electrons. The number of aryl methyl sites for hydroxylation is 1. The van der Waals surface area contributed by atoms with Gasteiger partial charge in [0, 0.05) is 19.3 Å². The second-order valence-corrected chi connectivity index (χ2v) is 7.57. The molecule has 7 nitrogen and oxygen atoms in total. The van der Waals surface area contributed by atoms with E-state index in [9.17, 15) is 22.4 Å². The monoisotopic (exact) mass is 446 g/mol. The van der Waals surface area contributed by atoms with Crippen LogP contribution in [0.15, 0.2) is 30.5 Å². The van der Waals surface area contributed by atoms with Crippen molar-refractivity contribution < 1.29 is 32.3 Å². The number of amides is 1. The Morgan fingerprint density at radius 1 is 1.23 bits per heavy atom. The molecule has 0 aliphatic carbocycles. The molecule has 0 unspecified atom stereocenters. The highest BCUT2D eigenvalue weighted by Crippen LogP contribution is 2.18. The number of benzene rings is 1. The zero-order valence-electron chi connectivity index (χ0n) is 17.7. The van der Waals surface area contributed by atoms with E-state index in [1.165, 1.54) is 12.1 Å². The van der Waals surface area contributed by atoms with E-state index in [-0.39, 0.29) is 17.1 Å². The third-order valence-corrected chi connectivity index (χ3v) is 4.30. The molecule has 1 amide bonds. The predicted octanol–water partition coefficient (Wildman–Crippen LogP) is 3.40. The minimum absolute atomic E-state index is 0.127. The van der Waals surface area contributed by atoms with Crippen LogP contribution >= 0.6 is 0 Å². The van der Waals surface area contributed by atoms with E-state index < -0.39 is 12.1 Å². The normalized spacial score (nSPS) is 11.5. The Hall–Kier alpha value is -2.95.